The fraction of sp³-hybridized carbons (Fsp3) is 0.400. The quantitative estimate of drug-likeness (QED) is 0.711. The molecule has 14 heavy (non-hydrogen) atoms. The van der Waals surface area contributed by atoms with E-state index in [0.29, 0.717) is 23.7 Å². The van der Waals surface area contributed by atoms with Crippen LogP contribution in [0.4, 0.5) is 11.4 Å². The van der Waals surface area contributed by atoms with E-state index in [9.17, 15) is 0 Å². The zero-order valence-corrected chi connectivity index (χ0v) is 8.49. The third-order valence-corrected chi connectivity index (χ3v) is 1.80. The molecule has 0 heterocycles. The molecule has 0 saturated heterocycles. The first-order valence-electron chi connectivity index (χ1n) is 4.44. The van der Waals surface area contributed by atoms with Crippen molar-refractivity contribution in [2.45, 2.75) is 13.0 Å². The van der Waals surface area contributed by atoms with Gasteiger partial charge in [0.15, 0.2) is 0 Å². The molecule has 0 aromatic heterocycles. The summed E-state index contributed by atoms with van der Waals surface area (Å²) in [5.41, 5.74) is 12.3. The molecule has 4 nitrogen and oxygen atoms in total. The highest BCUT2D eigenvalue weighted by Crippen LogP contribution is 2.22. The van der Waals surface area contributed by atoms with Crippen molar-refractivity contribution in [3.8, 4) is 5.75 Å². The Morgan fingerprint density at radius 2 is 2.00 bits per heavy atom. The predicted octanol–water partition coefficient (Wildman–Crippen LogP) is 1.26. The molecular formula is C10H16N2O2. The maximum Gasteiger partial charge on any atom is 0.122 e. The van der Waals surface area contributed by atoms with E-state index in [0.717, 1.165) is 0 Å². The lowest BCUT2D eigenvalue weighted by Gasteiger charge is -2.14. The predicted molar refractivity (Wildman–Crippen MR) is 57.2 cm³/mol. The number of hydrogen-bond acceptors (Lipinski definition) is 4. The number of rotatable bonds is 4. The van der Waals surface area contributed by atoms with Crippen LogP contribution in [0.1, 0.15) is 6.92 Å². The molecule has 0 saturated carbocycles. The van der Waals surface area contributed by atoms with Gasteiger partial charge in [-0.25, -0.2) is 0 Å². The first-order chi connectivity index (χ1) is 6.63. The SMILES string of the molecule is COCC(C)Oc1ccc(N)c(N)c1. The minimum absolute atomic E-state index is 0.00280. The Bertz CT molecular complexity index is 302. The maximum absolute atomic E-state index is 5.63. The Labute approximate surface area is 83.8 Å². The monoisotopic (exact) mass is 196 g/mol. The van der Waals surface area contributed by atoms with Gasteiger partial charge in [0, 0.05) is 13.2 Å². The van der Waals surface area contributed by atoms with Crippen molar-refractivity contribution in [1.29, 1.82) is 0 Å². The van der Waals surface area contributed by atoms with Crippen LogP contribution in [-0.4, -0.2) is 19.8 Å². The normalized spacial score (nSPS) is 12.4. The summed E-state index contributed by atoms with van der Waals surface area (Å²) < 4.78 is 10.5. The summed E-state index contributed by atoms with van der Waals surface area (Å²) in [6.45, 7) is 2.47. The summed E-state index contributed by atoms with van der Waals surface area (Å²) in [6, 6.07) is 5.23. The van der Waals surface area contributed by atoms with Gasteiger partial charge in [0.25, 0.3) is 0 Å². The van der Waals surface area contributed by atoms with Gasteiger partial charge >= 0.3 is 0 Å². The summed E-state index contributed by atoms with van der Waals surface area (Å²) in [5.74, 6) is 0.709. The highest BCUT2D eigenvalue weighted by molar-refractivity contribution is 5.65. The van der Waals surface area contributed by atoms with Crippen LogP contribution in [0.15, 0.2) is 18.2 Å². The van der Waals surface area contributed by atoms with Crippen LogP contribution < -0.4 is 16.2 Å². The molecule has 4 heteroatoms. The van der Waals surface area contributed by atoms with Crippen LogP contribution in [-0.2, 0) is 4.74 Å². The summed E-state index contributed by atoms with van der Waals surface area (Å²) in [5, 5.41) is 0. The van der Waals surface area contributed by atoms with E-state index in [1.807, 2.05) is 6.92 Å². The van der Waals surface area contributed by atoms with Crippen LogP contribution in [0, 0.1) is 0 Å². The average molecular weight is 196 g/mol. The van der Waals surface area contributed by atoms with E-state index in [-0.39, 0.29) is 6.10 Å². The molecule has 0 amide bonds. The number of ether oxygens (including phenoxy) is 2. The third kappa shape index (κ3) is 2.81. The molecule has 0 bridgehead atoms. The van der Waals surface area contributed by atoms with Gasteiger partial charge in [-0.1, -0.05) is 0 Å². The highest BCUT2D eigenvalue weighted by atomic mass is 16.5. The zero-order chi connectivity index (χ0) is 10.6. The molecule has 1 atom stereocenters. The fourth-order valence-corrected chi connectivity index (χ4v) is 1.13. The Morgan fingerprint density at radius 1 is 1.29 bits per heavy atom. The number of anilines is 2. The summed E-state index contributed by atoms with van der Waals surface area (Å²) in [7, 11) is 1.64. The lowest BCUT2D eigenvalue weighted by atomic mass is 10.2. The van der Waals surface area contributed by atoms with E-state index in [2.05, 4.69) is 0 Å². The molecular weight excluding hydrogens is 180 g/mol. The molecule has 0 spiro atoms. The van der Waals surface area contributed by atoms with Crippen molar-refractivity contribution in [1.82, 2.24) is 0 Å². The van der Waals surface area contributed by atoms with Gasteiger partial charge in [-0.05, 0) is 19.1 Å². The molecule has 1 rings (SSSR count). The minimum atomic E-state index is 0.00280. The van der Waals surface area contributed by atoms with Gasteiger partial charge in [-0.3, -0.25) is 0 Å². The first-order valence-corrected chi connectivity index (χ1v) is 4.44. The topological polar surface area (TPSA) is 70.5 Å². The van der Waals surface area contributed by atoms with Gasteiger partial charge in [-0.15, -0.1) is 0 Å². The molecule has 0 radical (unpaired) electrons. The smallest absolute Gasteiger partial charge is 0.122 e. The summed E-state index contributed by atoms with van der Waals surface area (Å²) in [4.78, 5) is 0. The van der Waals surface area contributed by atoms with Crippen molar-refractivity contribution in [3.63, 3.8) is 0 Å². The van der Waals surface area contributed by atoms with Gasteiger partial charge in [0.2, 0.25) is 0 Å². The fourth-order valence-electron chi connectivity index (χ4n) is 1.13. The molecule has 1 unspecified atom stereocenters. The Kier molecular flexibility index (Phi) is 3.59. The molecule has 1 aromatic carbocycles. The van der Waals surface area contributed by atoms with Crippen molar-refractivity contribution < 1.29 is 9.47 Å². The number of hydrogen-bond donors (Lipinski definition) is 2. The Morgan fingerprint density at radius 3 is 2.57 bits per heavy atom. The maximum atomic E-state index is 5.63. The van der Waals surface area contributed by atoms with Crippen molar-refractivity contribution in [2.75, 3.05) is 25.2 Å². The van der Waals surface area contributed by atoms with Gasteiger partial charge < -0.3 is 20.9 Å². The van der Waals surface area contributed by atoms with Crippen molar-refractivity contribution >= 4 is 11.4 Å². The number of benzene rings is 1. The number of nitrogens with two attached hydrogens (primary N) is 2. The van der Waals surface area contributed by atoms with Crippen LogP contribution in [0.5, 0.6) is 5.75 Å². The van der Waals surface area contributed by atoms with E-state index in [1.54, 1.807) is 25.3 Å². The molecule has 0 aliphatic rings. The summed E-state index contributed by atoms with van der Waals surface area (Å²) in [6.07, 6.45) is 0.00280. The molecule has 4 N–H and O–H groups in total. The Balaban J connectivity index is 2.63. The van der Waals surface area contributed by atoms with Gasteiger partial charge in [0.05, 0.1) is 18.0 Å². The van der Waals surface area contributed by atoms with Crippen molar-refractivity contribution in [2.24, 2.45) is 0 Å². The first kappa shape index (κ1) is 10.7. The number of methoxy groups -OCH3 is 1. The molecule has 78 valence electrons. The van der Waals surface area contributed by atoms with E-state index < -0.39 is 0 Å². The van der Waals surface area contributed by atoms with Crippen LogP contribution in [0.2, 0.25) is 0 Å². The molecule has 0 aliphatic heterocycles. The highest BCUT2D eigenvalue weighted by Gasteiger charge is 2.04. The average Bonchev–Trinajstić information content (AvgIpc) is 2.12. The van der Waals surface area contributed by atoms with E-state index in [4.69, 9.17) is 20.9 Å². The van der Waals surface area contributed by atoms with Crippen molar-refractivity contribution in [3.05, 3.63) is 18.2 Å². The molecule has 1 aromatic rings. The standard InChI is InChI=1S/C10H16N2O2/c1-7(6-13-2)14-8-3-4-9(11)10(12)5-8/h3-5,7H,6,11-12H2,1-2H3. The molecule has 0 aliphatic carbocycles. The van der Waals surface area contributed by atoms with Gasteiger partial charge in [0.1, 0.15) is 11.9 Å². The summed E-state index contributed by atoms with van der Waals surface area (Å²) >= 11 is 0. The van der Waals surface area contributed by atoms with Crippen LogP contribution >= 0.6 is 0 Å². The van der Waals surface area contributed by atoms with Crippen LogP contribution in [0.25, 0.3) is 0 Å². The van der Waals surface area contributed by atoms with E-state index in [1.165, 1.54) is 0 Å². The second-order valence-corrected chi connectivity index (χ2v) is 3.17. The lowest BCUT2D eigenvalue weighted by Crippen LogP contribution is -2.18. The largest absolute Gasteiger partial charge is 0.488 e. The molecule has 0 fully saturated rings. The lowest BCUT2D eigenvalue weighted by molar-refractivity contribution is 0.0921. The Hall–Kier alpha value is -1.42. The second-order valence-electron chi connectivity index (χ2n) is 3.17. The van der Waals surface area contributed by atoms with Crippen LogP contribution in [0.3, 0.4) is 0 Å². The zero-order valence-electron chi connectivity index (χ0n) is 8.49. The third-order valence-electron chi connectivity index (χ3n) is 1.80. The number of nitrogen functional groups attached to an aromatic ring is 2. The van der Waals surface area contributed by atoms with E-state index >= 15 is 0 Å². The minimum Gasteiger partial charge on any atom is -0.488 e. The second kappa shape index (κ2) is 4.72. The van der Waals surface area contributed by atoms with Gasteiger partial charge in [-0.2, -0.15) is 0 Å².